The van der Waals surface area contributed by atoms with Gasteiger partial charge in [-0.15, -0.1) is 9.78 Å². The third-order valence-electron chi connectivity index (χ3n) is 12.8. The van der Waals surface area contributed by atoms with Gasteiger partial charge in [-0.05, 0) is 112 Å². The molecule has 0 spiro atoms. The van der Waals surface area contributed by atoms with Crippen LogP contribution in [0.5, 0.6) is 5.75 Å². The van der Waals surface area contributed by atoms with Gasteiger partial charge in [-0.25, -0.2) is 4.68 Å². The number of benzene rings is 4. The van der Waals surface area contributed by atoms with Gasteiger partial charge in [0.05, 0.1) is 16.3 Å². The Labute approximate surface area is 380 Å². The third-order valence-corrected chi connectivity index (χ3v) is 12.8. The Balaban J connectivity index is 1.99. The van der Waals surface area contributed by atoms with E-state index < -0.39 is 0 Å². The molecule has 0 amide bonds. The summed E-state index contributed by atoms with van der Waals surface area (Å²) in [6, 6.07) is 18.4. The fraction of sp³-hybridized carbons (Fsp3) is 0.571. The van der Waals surface area contributed by atoms with Gasteiger partial charge in [-0.1, -0.05) is 190 Å². The molecule has 0 aliphatic heterocycles. The molecule has 6 aromatic rings. The second-order valence-corrected chi connectivity index (χ2v) is 26.8. The Hall–Kier alpha value is -4.52. The maximum atomic E-state index is 12.9. The number of phenolic OH excluding ortho intramolecular Hbond substituents is 1. The first-order valence-corrected chi connectivity index (χ1v) is 23.2. The van der Waals surface area contributed by atoms with Gasteiger partial charge < -0.3 is 5.11 Å². The van der Waals surface area contributed by atoms with Gasteiger partial charge in [-0.3, -0.25) is 0 Å². The molecular formula is C56H81N6O+. The van der Waals surface area contributed by atoms with Crippen LogP contribution >= 0.6 is 0 Å². The first kappa shape index (κ1) is 47.9. The summed E-state index contributed by atoms with van der Waals surface area (Å²) >= 11 is 0. The Morgan fingerprint density at radius 3 is 1.29 bits per heavy atom. The number of hydrogen-bond donors (Lipinski definition) is 1. The smallest absolute Gasteiger partial charge is 0.253 e. The van der Waals surface area contributed by atoms with Crippen LogP contribution in [-0.4, -0.2) is 30.0 Å². The first-order valence-electron chi connectivity index (χ1n) is 23.2. The highest BCUT2D eigenvalue weighted by Crippen LogP contribution is 2.44. The molecule has 0 saturated carbocycles. The number of fused-ring (bicyclic) bond motifs is 2. The standard InChI is InChI=1S/C56H80N6O/c1-49(2,3)33-25-37(53(13,14)15)45-41(29-33)60(59-57-45)43-31-35(51(7,8)9)27-39(55(19,20)21)47(43)62-58-46-38(54(16,17)18)26-34(50(4,5)6)30-42(46)61(62)44-32-36(52(10,11)12)28-40(48(44)63)56(22,23)24/h25-32H,1-24H3/p+1. The lowest BCUT2D eigenvalue weighted by atomic mass is 9.79. The lowest BCUT2D eigenvalue weighted by Crippen LogP contribution is -2.43. The van der Waals surface area contributed by atoms with Crippen LogP contribution in [0, 0.1) is 0 Å². The molecule has 1 N–H and O–H groups in total. The number of phenols is 1. The number of hydrogen-bond acceptors (Lipinski definition) is 4. The normalized spacial score (nSPS) is 14.1. The molecule has 0 aliphatic rings. The van der Waals surface area contributed by atoms with Gasteiger partial charge in [0.1, 0.15) is 5.52 Å². The van der Waals surface area contributed by atoms with Crippen molar-refractivity contribution < 1.29 is 9.79 Å². The summed E-state index contributed by atoms with van der Waals surface area (Å²) in [6.45, 7) is 54.3. The van der Waals surface area contributed by atoms with E-state index in [-0.39, 0.29) is 49.1 Å². The number of aromatic nitrogens is 6. The first-order chi connectivity index (χ1) is 28.2. The lowest BCUT2D eigenvalue weighted by Gasteiger charge is -2.29. The SMILES string of the molecule is CC(C)(C)c1cc(-[n+]2c3cc(C(C)(C)C)cc(C(C)(C)C)c3nn2-c2c(-n3nnc4c(C(C)(C)C)cc(C(C)(C)C)cc43)cc(C(C)(C)C)cc2C(C)(C)C)c(O)c(C(C)(C)C)c1. The summed E-state index contributed by atoms with van der Waals surface area (Å²) < 4.78 is 4.29. The number of rotatable bonds is 3. The molecule has 0 bridgehead atoms. The van der Waals surface area contributed by atoms with Crippen molar-refractivity contribution in [3.63, 3.8) is 0 Å². The Morgan fingerprint density at radius 2 is 0.825 bits per heavy atom. The van der Waals surface area contributed by atoms with E-state index in [1.54, 1.807) is 0 Å². The highest BCUT2D eigenvalue weighted by molar-refractivity contribution is 5.84. The summed E-state index contributed by atoms with van der Waals surface area (Å²) in [5, 5.41) is 28.9. The van der Waals surface area contributed by atoms with Gasteiger partial charge in [0, 0.05) is 11.1 Å². The summed E-state index contributed by atoms with van der Waals surface area (Å²) in [5.41, 5.74) is 13.5. The third kappa shape index (κ3) is 8.97. The van der Waals surface area contributed by atoms with Crippen molar-refractivity contribution in [3.8, 4) is 22.8 Å². The molecule has 7 heteroatoms. The highest BCUT2D eigenvalue weighted by atomic mass is 16.3. The quantitative estimate of drug-likeness (QED) is 0.180. The minimum Gasteiger partial charge on any atom is -0.504 e. The number of nitrogens with zero attached hydrogens (tertiary/aromatic N) is 6. The molecule has 0 saturated heterocycles. The van der Waals surface area contributed by atoms with Gasteiger partial charge >= 0.3 is 0 Å². The second-order valence-electron chi connectivity index (χ2n) is 26.8. The summed E-state index contributed by atoms with van der Waals surface area (Å²) in [7, 11) is 0. The minimum absolute atomic E-state index is 0.118. The van der Waals surface area contributed by atoms with E-state index in [0.717, 1.165) is 55.7 Å². The van der Waals surface area contributed by atoms with Crippen LogP contribution < -0.4 is 4.68 Å². The topological polar surface area (TPSA) is 72.6 Å². The van der Waals surface area contributed by atoms with Crippen LogP contribution in [0.25, 0.3) is 39.1 Å². The fourth-order valence-electron chi connectivity index (χ4n) is 8.50. The van der Waals surface area contributed by atoms with Gasteiger partial charge in [0.25, 0.3) is 5.52 Å². The van der Waals surface area contributed by atoms with Gasteiger partial charge in [0.2, 0.25) is 5.52 Å². The van der Waals surface area contributed by atoms with Crippen LogP contribution in [-0.2, 0) is 43.3 Å². The van der Waals surface area contributed by atoms with E-state index in [2.05, 4.69) is 229 Å². The molecule has 0 radical (unpaired) electrons. The van der Waals surface area contributed by atoms with Crippen LogP contribution in [0.4, 0.5) is 0 Å². The van der Waals surface area contributed by atoms with E-state index in [1.165, 1.54) is 22.3 Å². The molecule has 0 fully saturated rings. The Morgan fingerprint density at radius 1 is 0.429 bits per heavy atom. The molecule has 0 atom stereocenters. The van der Waals surface area contributed by atoms with E-state index in [9.17, 15) is 5.11 Å². The summed E-state index contributed by atoms with van der Waals surface area (Å²) in [4.78, 5) is 2.11. The Bertz CT molecular complexity index is 2740. The maximum Gasteiger partial charge on any atom is 0.253 e. The molecule has 0 aliphatic carbocycles. The van der Waals surface area contributed by atoms with Crippen molar-refractivity contribution in [2.75, 3.05) is 0 Å². The van der Waals surface area contributed by atoms with Crippen LogP contribution in [0.1, 0.15) is 211 Å². The van der Waals surface area contributed by atoms with Crippen molar-refractivity contribution in [1.82, 2.24) is 24.9 Å². The molecule has 340 valence electrons. The van der Waals surface area contributed by atoms with E-state index in [4.69, 9.17) is 15.4 Å². The van der Waals surface area contributed by atoms with E-state index in [0.29, 0.717) is 5.69 Å². The predicted molar refractivity (Wildman–Crippen MR) is 266 cm³/mol. The molecule has 4 aromatic carbocycles. The zero-order chi connectivity index (χ0) is 47.7. The summed E-state index contributed by atoms with van der Waals surface area (Å²) in [6.07, 6.45) is 0. The average molecular weight is 854 g/mol. The molecule has 7 nitrogen and oxygen atoms in total. The van der Waals surface area contributed by atoms with Crippen molar-refractivity contribution in [2.45, 2.75) is 209 Å². The Kier molecular flexibility index (Phi) is 11.2. The zero-order valence-electron chi connectivity index (χ0n) is 43.7. The van der Waals surface area contributed by atoms with Crippen molar-refractivity contribution in [1.29, 1.82) is 0 Å². The highest BCUT2D eigenvalue weighted by Gasteiger charge is 2.39. The molecule has 2 heterocycles. The van der Waals surface area contributed by atoms with E-state index in [1.807, 2.05) is 0 Å². The van der Waals surface area contributed by atoms with Gasteiger partial charge in [-0.2, -0.15) is 0 Å². The molecule has 63 heavy (non-hydrogen) atoms. The van der Waals surface area contributed by atoms with Crippen LogP contribution in [0.3, 0.4) is 0 Å². The monoisotopic (exact) mass is 854 g/mol. The van der Waals surface area contributed by atoms with Gasteiger partial charge in [0.15, 0.2) is 17.1 Å². The maximum absolute atomic E-state index is 12.9. The minimum atomic E-state index is -0.348. The van der Waals surface area contributed by atoms with Crippen LogP contribution in [0.2, 0.25) is 0 Å². The van der Waals surface area contributed by atoms with Crippen molar-refractivity contribution in [2.24, 2.45) is 0 Å². The van der Waals surface area contributed by atoms with Crippen molar-refractivity contribution in [3.05, 3.63) is 93.0 Å². The summed E-state index contributed by atoms with van der Waals surface area (Å²) in [5.74, 6) is 0.253. The molecular weight excluding hydrogens is 773 g/mol. The second kappa shape index (κ2) is 14.8. The molecule has 0 unspecified atom stereocenters. The predicted octanol–water partition coefficient (Wildman–Crippen LogP) is 14.1. The molecule has 2 aromatic heterocycles. The molecule has 6 rings (SSSR count). The fourth-order valence-corrected chi connectivity index (χ4v) is 8.50. The average Bonchev–Trinajstić information content (AvgIpc) is 3.68. The lowest BCUT2D eigenvalue weighted by molar-refractivity contribution is -0.656. The largest absolute Gasteiger partial charge is 0.504 e. The van der Waals surface area contributed by atoms with E-state index >= 15 is 0 Å². The van der Waals surface area contributed by atoms with Crippen LogP contribution in [0.15, 0.2) is 48.5 Å². The van der Waals surface area contributed by atoms with Crippen molar-refractivity contribution >= 4 is 22.1 Å². The number of aromatic hydroxyl groups is 1. The zero-order valence-corrected chi connectivity index (χ0v) is 43.7.